The van der Waals surface area contributed by atoms with E-state index in [1.54, 1.807) is 0 Å². The third-order valence-electron chi connectivity index (χ3n) is 3.78. The minimum Gasteiger partial charge on any atom is -0.196 e. The van der Waals surface area contributed by atoms with Gasteiger partial charge in [-0.15, -0.1) is 0 Å². The summed E-state index contributed by atoms with van der Waals surface area (Å²) in [5.41, 5.74) is -1.39. The summed E-state index contributed by atoms with van der Waals surface area (Å²) < 4.78 is 0. The highest BCUT2D eigenvalue weighted by Crippen LogP contribution is 2.33. The molecule has 0 radical (unpaired) electrons. The molecular weight excluding hydrogens is 224 g/mol. The Hall–Kier alpha value is -1.42. The monoisotopic (exact) mass is 246 g/mol. The van der Waals surface area contributed by atoms with Gasteiger partial charge in [0.2, 0.25) is 0 Å². The standard InChI is InChI=1S/C14H22N4/c1-3-8-13(4-2,11-15)17-18-14(12-16)9-6-5-7-10-14/h3-10H2,1-2H3. The van der Waals surface area contributed by atoms with E-state index in [4.69, 9.17) is 0 Å². The number of hydrogen-bond donors (Lipinski definition) is 0. The summed E-state index contributed by atoms with van der Waals surface area (Å²) in [5, 5.41) is 27.2. The van der Waals surface area contributed by atoms with Crippen molar-refractivity contribution in [3.8, 4) is 12.1 Å². The van der Waals surface area contributed by atoms with Gasteiger partial charge in [-0.2, -0.15) is 20.8 Å². The molecule has 0 aromatic rings. The molecule has 4 nitrogen and oxygen atoms in total. The van der Waals surface area contributed by atoms with E-state index in [1.165, 1.54) is 6.42 Å². The quantitative estimate of drug-likeness (QED) is 0.684. The highest BCUT2D eigenvalue weighted by Gasteiger charge is 2.34. The molecule has 0 amide bonds. The van der Waals surface area contributed by atoms with Gasteiger partial charge in [0.1, 0.15) is 0 Å². The lowest BCUT2D eigenvalue weighted by atomic mass is 9.84. The molecule has 1 atom stereocenters. The van der Waals surface area contributed by atoms with E-state index in [0.29, 0.717) is 12.8 Å². The minimum absolute atomic E-state index is 0.655. The zero-order valence-corrected chi connectivity index (χ0v) is 11.4. The molecule has 0 aromatic carbocycles. The first-order valence-corrected chi connectivity index (χ1v) is 6.92. The van der Waals surface area contributed by atoms with Crippen molar-refractivity contribution in [2.24, 2.45) is 10.2 Å². The van der Waals surface area contributed by atoms with Gasteiger partial charge in [0.15, 0.2) is 11.1 Å². The maximum atomic E-state index is 9.33. The van der Waals surface area contributed by atoms with E-state index in [2.05, 4.69) is 22.4 Å². The van der Waals surface area contributed by atoms with Gasteiger partial charge in [-0.1, -0.05) is 26.7 Å². The van der Waals surface area contributed by atoms with E-state index >= 15 is 0 Å². The van der Waals surface area contributed by atoms with E-state index in [-0.39, 0.29) is 0 Å². The lowest BCUT2D eigenvalue weighted by Crippen LogP contribution is -2.29. The predicted octanol–water partition coefficient (Wildman–Crippen LogP) is 4.14. The summed E-state index contributed by atoms with van der Waals surface area (Å²) in [6.45, 7) is 4.00. The molecular formula is C14H22N4. The highest BCUT2D eigenvalue weighted by atomic mass is 15.2. The molecule has 1 unspecified atom stereocenters. The molecule has 0 bridgehead atoms. The van der Waals surface area contributed by atoms with Crippen molar-refractivity contribution in [2.45, 2.75) is 76.3 Å². The topological polar surface area (TPSA) is 72.3 Å². The molecule has 1 rings (SSSR count). The first-order valence-electron chi connectivity index (χ1n) is 6.92. The van der Waals surface area contributed by atoms with Crippen molar-refractivity contribution in [3.63, 3.8) is 0 Å². The van der Waals surface area contributed by atoms with Crippen molar-refractivity contribution in [3.05, 3.63) is 0 Å². The van der Waals surface area contributed by atoms with Crippen LogP contribution in [0.2, 0.25) is 0 Å². The van der Waals surface area contributed by atoms with Gasteiger partial charge >= 0.3 is 0 Å². The number of nitrogens with zero attached hydrogens (tertiary/aromatic N) is 4. The van der Waals surface area contributed by atoms with Crippen molar-refractivity contribution in [2.75, 3.05) is 0 Å². The minimum atomic E-state index is -0.726. The molecule has 1 aliphatic rings. The van der Waals surface area contributed by atoms with Crippen LogP contribution in [0.5, 0.6) is 0 Å². The summed E-state index contributed by atoms with van der Waals surface area (Å²) in [5.74, 6) is 0. The predicted molar refractivity (Wildman–Crippen MR) is 69.8 cm³/mol. The third kappa shape index (κ3) is 3.29. The molecule has 0 heterocycles. The average molecular weight is 246 g/mol. The fraction of sp³-hybridized carbons (Fsp3) is 0.857. The van der Waals surface area contributed by atoms with Crippen molar-refractivity contribution >= 4 is 0 Å². The Morgan fingerprint density at radius 2 is 1.83 bits per heavy atom. The van der Waals surface area contributed by atoms with E-state index in [0.717, 1.165) is 32.1 Å². The first kappa shape index (κ1) is 14.6. The number of hydrogen-bond acceptors (Lipinski definition) is 4. The average Bonchev–Trinajstić information content (AvgIpc) is 2.45. The Morgan fingerprint density at radius 3 is 2.28 bits per heavy atom. The zero-order valence-electron chi connectivity index (χ0n) is 11.4. The van der Waals surface area contributed by atoms with Crippen LogP contribution in [-0.2, 0) is 0 Å². The number of azo groups is 1. The van der Waals surface area contributed by atoms with E-state index in [9.17, 15) is 10.5 Å². The zero-order chi connectivity index (χ0) is 13.5. The van der Waals surface area contributed by atoms with E-state index in [1.807, 2.05) is 13.8 Å². The van der Waals surface area contributed by atoms with Crippen molar-refractivity contribution in [1.29, 1.82) is 10.5 Å². The Morgan fingerprint density at radius 1 is 1.17 bits per heavy atom. The fourth-order valence-corrected chi connectivity index (χ4v) is 2.43. The van der Waals surface area contributed by atoms with Crippen LogP contribution in [0.3, 0.4) is 0 Å². The molecule has 0 aromatic heterocycles. The molecule has 1 fully saturated rings. The number of rotatable bonds is 5. The van der Waals surface area contributed by atoms with Crippen LogP contribution >= 0.6 is 0 Å². The summed E-state index contributed by atoms with van der Waals surface area (Å²) >= 11 is 0. The van der Waals surface area contributed by atoms with Gasteiger partial charge < -0.3 is 0 Å². The van der Waals surface area contributed by atoms with Crippen LogP contribution in [0, 0.1) is 22.7 Å². The van der Waals surface area contributed by atoms with Crippen LogP contribution in [0.1, 0.15) is 65.2 Å². The van der Waals surface area contributed by atoms with Crippen LogP contribution in [-0.4, -0.2) is 11.1 Å². The lowest BCUT2D eigenvalue weighted by molar-refractivity contribution is 0.334. The molecule has 0 saturated heterocycles. The van der Waals surface area contributed by atoms with Gasteiger partial charge in [0.05, 0.1) is 12.1 Å². The lowest BCUT2D eigenvalue weighted by Gasteiger charge is -2.27. The van der Waals surface area contributed by atoms with Gasteiger partial charge in [-0.05, 0) is 38.5 Å². The largest absolute Gasteiger partial charge is 0.196 e. The summed E-state index contributed by atoms with van der Waals surface area (Å²) in [7, 11) is 0. The SMILES string of the molecule is CCCC(C#N)(CC)N=NC1(C#N)CCCCC1. The van der Waals surface area contributed by atoms with Crippen molar-refractivity contribution < 1.29 is 0 Å². The third-order valence-corrected chi connectivity index (χ3v) is 3.78. The first-order chi connectivity index (χ1) is 8.66. The van der Waals surface area contributed by atoms with Crippen LogP contribution in [0.4, 0.5) is 0 Å². The highest BCUT2D eigenvalue weighted by molar-refractivity contribution is 5.11. The second kappa shape index (κ2) is 6.50. The molecule has 0 aliphatic heterocycles. The van der Waals surface area contributed by atoms with Gasteiger partial charge in [-0.25, -0.2) is 0 Å². The van der Waals surface area contributed by atoms with Crippen LogP contribution in [0.15, 0.2) is 10.2 Å². The summed E-state index contributed by atoms with van der Waals surface area (Å²) in [6, 6.07) is 4.59. The van der Waals surface area contributed by atoms with E-state index < -0.39 is 11.1 Å². The Bertz CT molecular complexity index is 345. The summed E-state index contributed by atoms with van der Waals surface area (Å²) in [6.07, 6.45) is 7.07. The van der Waals surface area contributed by atoms with Gasteiger partial charge in [0.25, 0.3) is 0 Å². The molecule has 1 aliphatic carbocycles. The van der Waals surface area contributed by atoms with Crippen molar-refractivity contribution in [1.82, 2.24) is 0 Å². The second-order valence-electron chi connectivity index (χ2n) is 5.15. The Balaban J connectivity index is 2.88. The number of nitriles is 2. The molecule has 4 heteroatoms. The Labute approximate surface area is 110 Å². The molecule has 18 heavy (non-hydrogen) atoms. The molecule has 0 N–H and O–H groups in total. The molecule has 0 spiro atoms. The maximum Gasteiger partial charge on any atom is 0.167 e. The Kier molecular flexibility index (Phi) is 5.28. The van der Waals surface area contributed by atoms with Gasteiger partial charge in [0, 0.05) is 0 Å². The molecule has 1 saturated carbocycles. The van der Waals surface area contributed by atoms with Crippen LogP contribution in [0.25, 0.3) is 0 Å². The maximum absolute atomic E-state index is 9.33. The molecule has 98 valence electrons. The smallest absolute Gasteiger partial charge is 0.167 e. The normalized spacial score (nSPS) is 22.0. The van der Waals surface area contributed by atoms with Gasteiger partial charge in [-0.3, -0.25) is 0 Å². The second-order valence-corrected chi connectivity index (χ2v) is 5.15. The summed E-state index contributed by atoms with van der Waals surface area (Å²) in [4.78, 5) is 0. The fourth-order valence-electron chi connectivity index (χ4n) is 2.43. The van der Waals surface area contributed by atoms with Crippen LogP contribution < -0.4 is 0 Å².